The first-order valence-corrected chi connectivity index (χ1v) is 7.64. The first kappa shape index (κ1) is 21.0. The number of nitrogens with zero attached hydrogens (tertiary/aromatic N) is 1. The van der Waals surface area contributed by atoms with Crippen molar-refractivity contribution in [3.05, 3.63) is 53.6 Å². The number of benzene rings is 2. The van der Waals surface area contributed by atoms with Crippen molar-refractivity contribution < 1.29 is 14.6 Å². The van der Waals surface area contributed by atoms with E-state index < -0.39 is 0 Å². The summed E-state index contributed by atoms with van der Waals surface area (Å²) in [5.41, 5.74) is 8.58. The second-order valence-electron chi connectivity index (χ2n) is 5.20. The molecule has 2 aromatic carbocycles. The lowest BCUT2D eigenvalue weighted by atomic mass is 10.1. The van der Waals surface area contributed by atoms with Crippen LogP contribution in [-0.2, 0) is 17.8 Å². The van der Waals surface area contributed by atoms with Crippen LogP contribution in [0.2, 0.25) is 0 Å². The van der Waals surface area contributed by atoms with Gasteiger partial charge in [0.15, 0.2) is 17.5 Å². The van der Waals surface area contributed by atoms with Gasteiger partial charge in [-0.25, -0.2) is 0 Å². The van der Waals surface area contributed by atoms with Gasteiger partial charge in [0.2, 0.25) is 0 Å². The van der Waals surface area contributed by atoms with Crippen molar-refractivity contribution >= 4 is 35.6 Å². The number of phenols is 1. The van der Waals surface area contributed by atoms with Gasteiger partial charge in [0, 0.05) is 24.9 Å². The van der Waals surface area contributed by atoms with Crippen molar-refractivity contribution in [3.63, 3.8) is 0 Å². The predicted molar refractivity (Wildman–Crippen MR) is 111 cm³/mol. The number of methoxy groups -OCH3 is 2. The Bertz CT molecular complexity index is 708. The van der Waals surface area contributed by atoms with E-state index in [1.165, 1.54) is 7.11 Å². The fraction of sp³-hybridized carbons (Fsp3) is 0.278. The third kappa shape index (κ3) is 6.09. The molecule has 7 heteroatoms. The zero-order chi connectivity index (χ0) is 17.4. The number of aliphatic imine (C=N–C) groups is 1. The van der Waals surface area contributed by atoms with Gasteiger partial charge in [-0.2, -0.15) is 0 Å². The number of guanidine groups is 1. The molecule has 0 amide bonds. The summed E-state index contributed by atoms with van der Waals surface area (Å²) in [6.45, 7) is 0.945. The lowest BCUT2D eigenvalue weighted by Gasteiger charge is -2.11. The van der Waals surface area contributed by atoms with Crippen molar-refractivity contribution in [2.75, 3.05) is 26.1 Å². The molecule has 0 fully saturated rings. The molecule has 0 radical (unpaired) electrons. The monoisotopic (exact) mass is 457 g/mol. The van der Waals surface area contributed by atoms with Crippen LogP contribution in [0, 0.1) is 0 Å². The first-order chi connectivity index (χ1) is 11.7. The maximum atomic E-state index is 10.1. The summed E-state index contributed by atoms with van der Waals surface area (Å²) in [4.78, 5) is 4.30. The molecule has 0 atom stereocenters. The van der Waals surface area contributed by atoms with Crippen LogP contribution in [0.3, 0.4) is 0 Å². The molecule has 0 aliphatic heterocycles. The molecule has 25 heavy (non-hydrogen) atoms. The average Bonchev–Trinajstić information content (AvgIpc) is 2.58. The van der Waals surface area contributed by atoms with Crippen LogP contribution >= 0.6 is 24.0 Å². The van der Waals surface area contributed by atoms with E-state index in [0.717, 1.165) is 16.8 Å². The number of aromatic hydroxyl groups is 1. The molecule has 0 bridgehead atoms. The minimum absolute atomic E-state index is 0. The Morgan fingerprint density at radius 2 is 1.84 bits per heavy atom. The Labute approximate surface area is 165 Å². The topological polar surface area (TPSA) is 89.1 Å². The number of ether oxygens (including phenoxy) is 2. The van der Waals surface area contributed by atoms with Gasteiger partial charge in [-0.05, 0) is 24.1 Å². The van der Waals surface area contributed by atoms with E-state index in [4.69, 9.17) is 15.2 Å². The van der Waals surface area contributed by atoms with Crippen LogP contribution in [0.1, 0.15) is 11.1 Å². The number of anilines is 1. The highest BCUT2D eigenvalue weighted by atomic mass is 127. The van der Waals surface area contributed by atoms with E-state index in [2.05, 4.69) is 10.3 Å². The summed E-state index contributed by atoms with van der Waals surface area (Å²) in [5, 5.41) is 13.1. The van der Waals surface area contributed by atoms with E-state index in [9.17, 15) is 5.11 Å². The third-order valence-corrected chi connectivity index (χ3v) is 3.55. The molecule has 0 aromatic heterocycles. The summed E-state index contributed by atoms with van der Waals surface area (Å²) >= 11 is 0. The highest BCUT2D eigenvalue weighted by Crippen LogP contribution is 2.29. The molecule has 0 aliphatic carbocycles. The molecule has 6 nitrogen and oxygen atoms in total. The molecule has 0 spiro atoms. The Balaban J connectivity index is 0.00000312. The van der Waals surface area contributed by atoms with E-state index in [1.54, 1.807) is 13.2 Å². The molecular formula is C18H24IN3O3. The minimum Gasteiger partial charge on any atom is -0.504 e. The number of phenolic OH excluding ortho intramolecular Hbond substituents is 1. The maximum absolute atomic E-state index is 10.1. The third-order valence-electron chi connectivity index (χ3n) is 3.55. The molecule has 2 aromatic rings. The van der Waals surface area contributed by atoms with Crippen molar-refractivity contribution in [1.82, 2.24) is 0 Å². The standard InChI is InChI=1S/C18H23N3O3.HI/c1-23-12-14-6-3-4-8-15(14)21-18(19)20-11-10-13-7-5-9-16(24-2)17(13)22;/h3-9,22H,10-12H2,1-2H3,(H3,19,20,21);1H. The zero-order valence-electron chi connectivity index (χ0n) is 14.4. The van der Waals surface area contributed by atoms with E-state index in [-0.39, 0.29) is 29.7 Å². The molecule has 0 aliphatic rings. The summed E-state index contributed by atoms with van der Waals surface area (Å²) < 4.78 is 10.3. The van der Waals surface area contributed by atoms with E-state index in [1.807, 2.05) is 36.4 Å². The summed E-state index contributed by atoms with van der Waals surface area (Å²) in [5.74, 6) is 0.921. The van der Waals surface area contributed by atoms with Crippen LogP contribution in [0.15, 0.2) is 47.5 Å². The van der Waals surface area contributed by atoms with Crippen LogP contribution in [-0.4, -0.2) is 31.8 Å². The minimum atomic E-state index is 0. The largest absolute Gasteiger partial charge is 0.504 e. The van der Waals surface area contributed by atoms with Gasteiger partial charge in [-0.1, -0.05) is 30.3 Å². The SMILES string of the molecule is COCc1ccccc1NC(N)=NCCc1cccc(OC)c1O.I. The van der Waals surface area contributed by atoms with Crippen LogP contribution in [0.5, 0.6) is 11.5 Å². The summed E-state index contributed by atoms with van der Waals surface area (Å²) in [6, 6.07) is 13.1. The molecule has 0 saturated heterocycles. The number of nitrogens with one attached hydrogen (secondary N) is 1. The Hall–Kier alpha value is -2.00. The second-order valence-corrected chi connectivity index (χ2v) is 5.20. The van der Waals surface area contributed by atoms with Gasteiger partial charge in [0.1, 0.15) is 0 Å². The normalized spacial score (nSPS) is 10.9. The van der Waals surface area contributed by atoms with Gasteiger partial charge in [-0.15, -0.1) is 24.0 Å². The predicted octanol–water partition coefficient (Wildman–Crippen LogP) is 3.13. The fourth-order valence-corrected chi connectivity index (χ4v) is 2.33. The summed E-state index contributed by atoms with van der Waals surface area (Å²) in [7, 11) is 3.17. The van der Waals surface area contributed by atoms with Gasteiger partial charge in [-0.3, -0.25) is 4.99 Å². The van der Waals surface area contributed by atoms with Crippen LogP contribution in [0.4, 0.5) is 5.69 Å². The summed E-state index contributed by atoms with van der Waals surface area (Å²) in [6.07, 6.45) is 0.561. The molecule has 4 N–H and O–H groups in total. The lowest BCUT2D eigenvalue weighted by Crippen LogP contribution is -2.23. The number of hydrogen-bond donors (Lipinski definition) is 3. The smallest absolute Gasteiger partial charge is 0.193 e. The van der Waals surface area contributed by atoms with Gasteiger partial charge >= 0.3 is 0 Å². The highest BCUT2D eigenvalue weighted by molar-refractivity contribution is 14.0. The van der Waals surface area contributed by atoms with Gasteiger partial charge < -0.3 is 25.6 Å². The molecule has 0 saturated carbocycles. The molecule has 0 unspecified atom stereocenters. The average molecular weight is 457 g/mol. The lowest BCUT2D eigenvalue weighted by molar-refractivity contribution is 0.185. The number of hydrogen-bond acceptors (Lipinski definition) is 4. The number of para-hydroxylation sites is 2. The number of nitrogens with two attached hydrogens (primary N) is 1. The van der Waals surface area contributed by atoms with Crippen molar-refractivity contribution in [2.24, 2.45) is 10.7 Å². The quantitative estimate of drug-likeness (QED) is 0.338. The van der Waals surface area contributed by atoms with Gasteiger partial charge in [0.05, 0.1) is 13.7 Å². The first-order valence-electron chi connectivity index (χ1n) is 7.64. The van der Waals surface area contributed by atoms with Gasteiger partial charge in [0.25, 0.3) is 0 Å². The van der Waals surface area contributed by atoms with E-state index in [0.29, 0.717) is 31.3 Å². The maximum Gasteiger partial charge on any atom is 0.193 e. The highest BCUT2D eigenvalue weighted by Gasteiger charge is 2.07. The molecule has 136 valence electrons. The number of halogens is 1. The van der Waals surface area contributed by atoms with Crippen molar-refractivity contribution in [1.29, 1.82) is 0 Å². The van der Waals surface area contributed by atoms with Crippen molar-refractivity contribution in [2.45, 2.75) is 13.0 Å². The Kier molecular flexibility index (Phi) is 9.07. The van der Waals surface area contributed by atoms with E-state index >= 15 is 0 Å². The molecular weight excluding hydrogens is 433 g/mol. The number of rotatable bonds is 7. The fourth-order valence-electron chi connectivity index (χ4n) is 2.33. The second kappa shape index (κ2) is 10.8. The Morgan fingerprint density at radius 3 is 2.56 bits per heavy atom. The van der Waals surface area contributed by atoms with Crippen molar-refractivity contribution in [3.8, 4) is 11.5 Å². The van der Waals surface area contributed by atoms with Crippen LogP contribution < -0.4 is 15.8 Å². The molecule has 2 rings (SSSR count). The van der Waals surface area contributed by atoms with Crippen LogP contribution in [0.25, 0.3) is 0 Å². The zero-order valence-corrected chi connectivity index (χ0v) is 16.7. The molecule has 0 heterocycles. The Morgan fingerprint density at radius 1 is 1.12 bits per heavy atom.